The van der Waals surface area contributed by atoms with Crippen LogP contribution in [-0.4, -0.2) is 41.7 Å². The zero-order valence-electron chi connectivity index (χ0n) is 12.2. The van der Waals surface area contributed by atoms with Crippen LogP contribution in [0.2, 0.25) is 5.02 Å². The number of aliphatic hydroxyl groups is 1. The molecular formula is C15H22ClN3O2. The topological polar surface area (TPSA) is 78.6 Å². The van der Waals surface area contributed by atoms with Gasteiger partial charge in [-0.05, 0) is 50.4 Å². The largest absolute Gasteiger partial charge is 0.397 e. The molecule has 21 heavy (non-hydrogen) atoms. The van der Waals surface area contributed by atoms with E-state index in [1.165, 1.54) is 0 Å². The Bertz CT molecular complexity index is 510. The predicted octanol–water partition coefficient (Wildman–Crippen LogP) is 1.95. The molecule has 6 heteroatoms. The maximum atomic E-state index is 12.4. The van der Waals surface area contributed by atoms with Crippen molar-refractivity contribution in [3.8, 4) is 0 Å². The van der Waals surface area contributed by atoms with E-state index >= 15 is 0 Å². The summed E-state index contributed by atoms with van der Waals surface area (Å²) < 4.78 is 0. The van der Waals surface area contributed by atoms with Gasteiger partial charge < -0.3 is 16.2 Å². The molecule has 2 rings (SSSR count). The number of likely N-dealkylation sites (tertiary alicyclic amines) is 1. The van der Waals surface area contributed by atoms with Gasteiger partial charge >= 0.3 is 0 Å². The third-order valence-electron chi connectivity index (χ3n) is 4.01. The van der Waals surface area contributed by atoms with E-state index in [4.69, 9.17) is 17.3 Å². The van der Waals surface area contributed by atoms with Crippen molar-refractivity contribution in [3.05, 3.63) is 23.2 Å². The average molecular weight is 312 g/mol. The number of nitrogens with zero attached hydrogens (tertiary/aromatic N) is 1. The number of hydrogen-bond acceptors (Lipinski definition) is 4. The number of hydrogen-bond donors (Lipinski definition) is 3. The molecule has 0 bridgehead atoms. The van der Waals surface area contributed by atoms with Crippen LogP contribution in [0.15, 0.2) is 18.2 Å². The number of nitrogen functional groups attached to an aromatic ring is 1. The number of benzene rings is 1. The number of halogens is 1. The van der Waals surface area contributed by atoms with Crippen LogP contribution in [0, 0.1) is 5.92 Å². The monoisotopic (exact) mass is 311 g/mol. The van der Waals surface area contributed by atoms with Gasteiger partial charge in [-0.3, -0.25) is 9.69 Å². The van der Waals surface area contributed by atoms with Gasteiger partial charge in [0.2, 0.25) is 5.91 Å². The summed E-state index contributed by atoms with van der Waals surface area (Å²) in [5, 5.41) is 12.6. The van der Waals surface area contributed by atoms with Crippen LogP contribution in [0.3, 0.4) is 0 Å². The van der Waals surface area contributed by atoms with Crippen molar-refractivity contribution in [1.82, 2.24) is 4.90 Å². The smallest absolute Gasteiger partial charge is 0.241 e. The number of nitrogens with one attached hydrogen (secondary N) is 1. The SMILES string of the molecule is CC(C(=O)Nc1cc(Cl)ccc1N)N1CCCC(CO)C1. The molecule has 1 aliphatic heterocycles. The first kappa shape index (κ1) is 16.1. The molecule has 1 aromatic carbocycles. The molecule has 1 aliphatic rings. The Hall–Kier alpha value is -1.30. The molecule has 0 aliphatic carbocycles. The highest BCUT2D eigenvalue weighted by Crippen LogP contribution is 2.24. The fraction of sp³-hybridized carbons (Fsp3) is 0.533. The highest BCUT2D eigenvalue weighted by molar-refractivity contribution is 6.31. The molecule has 116 valence electrons. The minimum absolute atomic E-state index is 0.109. The Balaban J connectivity index is 2.00. The van der Waals surface area contributed by atoms with Gasteiger partial charge in [-0.15, -0.1) is 0 Å². The van der Waals surface area contributed by atoms with Crippen LogP contribution < -0.4 is 11.1 Å². The maximum Gasteiger partial charge on any atom is 0.241 e. The van der Waals surface area contributed by atoms with E-state index in [-0.39, 0.29) is 24.5 Å². The van der Waals surface area contributed by atoms with E-state index in [2.05, 4.69) is 10.2 Å². The quantitative estimate of drug-likeness (QED) is 0.743. The standard InChI is InChI=1S/C15H22ClN3O2/c1-10(19-6-2-3-11(8-19)9-20)15(21)18-14-7-12(16)4-5-13(14)17/h4-5,7,10-11,20H,2-3,6,8-9,17H2,1H3,(H,18,21). The van der Waals surface area contributed by atoms with Crippen molar-refractivity contribution >= 4 is 28.9 Å². The molecule has 1 aromatic rings. The van der Waals surface area contributed by atoms with Crippen molar-refractivity contribution < 1.29 is 9.90 Å². The summed E-state index contributed by atoms with van der Waals surface area (Å²) in [4.78, 5) is 14.5. The van der Waals surface area contributed by atoms with Crippen LogP contribution in [-0.2, 0) is 4.79 Å². The lowest BCUT2D eigenvalue weighted by atomic mass is 9.97. The van der Waals surface area contributed by atoms with Crippen LogP contribution in [0.25, 0.3) is 0 Å². The van der Waals surface area contributed by atoms with Crippen molar-refractivity contribution in [2.24, 2.45) is 5.92 Å². The van der Waals surface area contributed by atoms with E-state index in [1.54, 1.807) is 18.2 Å². The van der Waals surface area contributed by atoms with E-state index in [9.17, 15) is 9.90 Å². The minimum atomic E-state index is -0.266. The molecule has 1 fully saturated rings. The first-order valence-corrected chi connectivity index (χ1v) is 7.60. The summed E-state index contributed by atoms with van der Waals surface area (Å²) in [6.07, 6.45) is 2.02. The molecule has 0 spiro atoms. The van der Waals surface area contributed by atoms with Crippen molar-refractivity contribution in [3.63, 3.8) is 0 Å². The molecular weight excluding hydrogens is 290 g/mol. The van der Waals surface area contributed by atoms with Gasteiger partial charge in [0.15, 0.2) is 0 Å². The normalized spacial score (nSPS) is 21.0. The number of rotatable bonds is 4. The molecule has 4 N–H and O–H groups in total. The summed E-state index contributed by atoms with van der Waals surface area (Å²) in [5.74, 6) is 0.146. The van der Waals surface area contributed by atoms with Crippen LogP contribution in [0.5, 0.6) is 0 Å². The van der Waals surface area contributed by atoms with Gasteiger partial charge in [0.25, 0.3) is 0 Å². The Morgan fingerprint density at radius 2 is 2.38 bits per heavy atom. The molecule has 0 aromatic heterocycles. The average Bonchev–Trinajstić information content (AvgIpc) is 2.50. The predicted molar refractivity (Wildman–Crippen MR) is 85.3 cm³/mol. The minimum Gasteiger partial charge on any atom is -0.397 e. The third-order valence-corrected chi connectivity index (χ3v) is 4.24. The van der Waals surface area contributed by atoms with Crippen LogP contribution in [0.1, 0.15) is 19.8 Å². The lowest BCUT2D eigenvalue weighted by Crippen LogP contribution is -2.47. The van der Waals surface area contributed by atoms with Gasteiger partial charge in [-0.25, -0.2) is 0 Å². The molecule has 1 amide bonds. The number of amides is 1. The number of carbonyl (C=O) groups excluding carboxylic acids is 1. The van der Waals surface area contributed by atoms with Crippen LogP contribution >= 0.6 is 11.6 Å². The lowest BCUT2D eigenvalue weighted by Gasteiger charge is -2.35. The van der Waals surface area contributed by atoms with Gasteiger partial charge in [-0.1, -0.05) is 11.6 Å². The van der Waals surface area contributed by atoms with Crippen molar-refractivity contribution in [2.75, 3.05) is 30.7 Å². The third kappa shape index (κ3) is 4.09. The number of anilines is 2. The van der Waals surface area contributed by atoms with Crippen LogP contribution in [0.4, 0.5) is 11.4 Å². The van der Waals surface area contributed by atoms with Crippen molar-refractivity contribution in [1.29, 1.82) is 0 Å². The summed E-state index contributed by atoms with van der Waals surface area (Å²) in [7, 11) is 0. The fourth-order valence-electron chi connectivity index (χ4n) is 2.64. The zero-order chi connectivity index (χ0) is 15.4. The number of carbonyl (C=O) groups is 1. The maximum absolute atomic E-state index is 12.4. The van der Waals surface area contributed by atoms with E-state index in [0.29, 0.717) is 16.4 Å². The van der Waals surface area contributed by atoms with Gasteiger partial charge in [0.1, 0.15) is 0 Å². The first-order chi connectivity index (χ1) is 10.0. The number of nitrogens with two attached hydrogens (primary N) is 1. The van der Waals surface area contributed by atoms with Gasteiger partial charge in [0, 0.05) is 18.2 Å². The molecule has 2 unspecified atom stereocenters. The second kappa shape index (κ2) is 7.11. The fourth-order valence-corrected chi connectivity index (χ4v) is 2.81. The van der Waals surface area contributed by atoms with E-state index in [0.717, 1.165) is 25.9 Å². The Labute approximate surface area is 130 Å². The molecule has 2 atom stereocenters. The molecule has 0 saturated carbocycles. The molecule has 1 heterocycles. The van der Waals surface area contributed by atoms with Crippen molar-refractivity contribution in [2.45, 2.75) is 25.8 Å². The highest BCUT2D eigenvalue weighted by atomic mass is 35.5. The Morgan fingerprint density at radius 1 is 1.62 bits per heavy atom. The summed E-state index contributed by atoms with van der Waals surface area (Å²) >= 11 is 5.92. The summed E-state index contributed by atoms with van der Waals surface area (Å²) in [5.41, 5.74) is 6.87. The molecule has 5 nitrogen and oxygen atoms in total. The van der Waals surface area contributed by atoms with E-state index in [1.807, 2.05) is 6.92 Å². The number of aliphatic hydroxyl groups excluding tert-OH is 1. The summed E-state index contributed by atoms with van der Waals surface area (Å²) in [6.45, 7) is 3.66. The second-order valence-corrected chi connectivity index (χ2v) is 6.02. The van der Waals surface area contributed by atoms with E-state index < -0.39 is 0 Å². The first-order valence-electron chi connectivity index (χ1n) is 7.22. The molecule has 1 saturated heterocycles. The van der Waals surface area contributed by atoms with Gasteiger partial charge in [0.05, 0.1) is 17.4 Å². The highest BCUT2D eigenvalue weighted by Gasteiger charge is 2.27. The van der Waals surface area contributed by atoms with Gasteiger partial charge in [-0.2, -0.15) is 0 Å². The lowest BCUT2D eigenvalue weighted by molar-refractivity contribution is -0.121. The molecule has 0 radical (unpaired) electrons. The Morgan fingerprint density at radius 3 is 3.10 bits per heavy atom. The second-order valence-electron chi connectivity index (χ2n) is 5.58. The zero-order valence-corrected chi connectivity index (χ0v) is 12.9. The number of piperidine rings is 1. The summed E-state index contributed by atoms with van der Waals surface area (Å²) in [6, 6.07) is 4.74. The Kier molecular flexibility index (Phi) is 5.45.